The van der Waals surface area contributed by atoms with Gasteiger partial charge in [0.1, 0.15) is 0 Å². The number of carbonyl (C=O) groups excluding carboxylic acids is 2. The fraction of sp³-hybridized carbons (Fsp3) is 0.500. The molecule has 0 heterocycles. The normalized spacial score (nSPS) is 11.2. The molecule has 0 aromatic rings. The summed E-state index contributed by atoms with van der Waals surface area (Å²) in [5, 5.41) is 17.5. The fourth-order valence-corrected chi connectivity index (χ4v) is 1.61. The average Bonchev–Trinajstić information content (AvgIpc) is 2.49. The van der Waals surface area contributed by atoms with Crippen molar-refractivity contribution >= 4 is 23.9 Å². The number of carboxylic acid groups (broad SMARTS) is 2. The van der Waals surface area contributed by atoms with Crippen LogP contribution < -0.4 is 0 Å². The minimum absolute atomic E-state index is 0.000146. The standard InChI is InChI=1S/C16H22O8/c1-10(2)15(21)24-8-6-12(9-13(17)18)16(22)23-7-4-5-11(3)14(19)20/h12H,1,3-9H2,2H3,(H,17,18)(H,19,20). The highest BCUT2D eigenvalue weighted by molar-refractivity contribution is 5.87. The van der Waals surface area contributed by atoms with Gasteiger partial charge in [0.05, 0.1) is 25.6 Å². The molecule has 0 aliphatic heterocycles. The van der Waals surface area contributed by atoms with Gasteiger partial charge in [-0.1, -0.05) is 13.2 Å². The van der Waals surface area contributed by atoms with Crippen molar-refractivity contribution in [1.82, 2.24) is 0 Å². The molecule has 8 heteroatoms. The smallest absolute Gasteiger partial charge is 0.333 e. The van der Waals surface area contributed by atoms with Crippen LogP contribution >= 0.6 is 0 Å². The minimum atomic E-state index is -1.18. The Kier molecular flexibility index (Phi) is 9.77. The van der Waals surface area contributed by atoms with Crippen LogP contribution in [0.2, 0.25) is 0 Å². The quantitative estimate of drug-likeness (QED) is 0.311. The molecular weight excluding hydrogens is 320 g/mol. The molecule has 0 aliphatic carbocycles. The lowest BCUT2D eigenvalue weighted by molar-refractivity contribution is -0.154. The summed E-state index contributed by atoms with van der Waals surface area (Å²) in [6.07, 6.45) is -0.0268. The number of hydrogen-bond acceptors (Lipinski definition) is 6. The Hall–Kier alpha value is -2.64. The number of esters is 2. The van der Waals surface area contributed by atoms with Crippen LogP contribution in [0.5, 0.6) is 0 Å². The van der Waals surface area contributed by atoms with E-state index in [1.54, 1.807) is 0 Å². The molecule has 0 radical (unpaired) electrons. The maximum Gasteiger partial charge on any atom is 0.333 e. The van der Waals surface area contributed by atoms with E-state index in [2.05, 4.69) is 13.2 Å². The molecule has 0 spiro atoms. The molecule has 0 amide bonds. The molecule has 24 heavy (non-hydrogen) atoms. The second-order valence-electron chi connectivity index (χ2n) is 5.18. The fourth-order valence-electron chi connectivity index (χ4n) is 1.61. The molecule has 0 aromatic carbocycles. The van der Waals surface area contributed by atoms with E-state index in [-0.39, 0.29) is 43.6 Å². The number of carboxylic acids is 2. The van der Waals surface area contributed by atoms with Gasteiger partial charge in [-0.25, -0.2) is 9.59 Å². The van der Waals surface area contributed by atoms with Crippen LogP contribution in [-0.2, 0) is 28.7 Å². The Bertz CT molecular complexity index is 520. The first-order chi connectivity index (χ1) is 11.1. The van der Waals surface area contributed by atoms with Gasteiger partial charge in [-0.05, 0) is 26.2 Å². The van der Waals surface area contributed by atoms with E-state index in [0.29, 0.717) is 0 Å². The lowest BCUT2D eigenvalue weighted by Crippen LogP contribution is -2.23. The van der Waals surface area contributed by atoms with Crippen LogP contribution in [0, 0.1) is 5.92 Å². The Labute approximate surface area is 139 Å². The van der Waals surface area contributed by atoms with Gasteiger partial charge in [0.15, 0.2) is 0 Å². The van der Waals surface area contributed by atoms with Crippen molar-refractivity contribution in [2.75, 3.05) is 13.2 Å². The van der Waals surface area contributed by atoms with Crippen molar-refractivity contribution in [3.63, 3.8) is 0 Å². The Morgan fingerprint density at radius 2 is 1.67 bits per heavy atom. The van der Waals surface area contributed by atoms with Crippen LogP contribution in [0.3, 0.4) is 0 Å². The van der Waals surface area contributed by atoms with E-state index in [0.717, 1.165) is 0 Å². The highest BCUT2D eigenvalue weighted by Crippen LogP contribution is 2.13. The second-order valence-corrected chi connectivity index (χ2v) is 5.18. The molecular formula is C16H22O8. The molecule has 1 atom stereocenters. The number of rotatable bonds is 12. The van der Waals surface area contributed by atoms with Gasteiger partial charge < -0.3 is 19.7 Å². The molecule has 0 bridgehead atoms. The van der Waals surface area contributed by atoms with E-state index in [1.807, 2.05) is 0 Å². The number of hydrogen-bond donors (Lipinski definition) is 2. The lowest BCUT2D eigenvalue weighted by atomic mass is 10.0. The van der Waals surface area contributed by atoms with Gasteiger partial charge in [-0.2, -0.15) is 0 Å². The summed E-state index contributed by atoms with van der Waals surface area (Å²) < 4.78 is 9.78. The van der Waals surface area contributed by atoms with Crippen molar-refractivity contribution < 1.29 is 38.9 Å². The molecule has 0 aromatic heterocycles. The summed E-state index contributed by atoms with van der Waals surface area (Å²) in [5.41, 5.74) is 0.200. The number of ether oxygens (including phenoxy) is 2. The monoisotopic (exact) mass is 342 g/mol. The van der Waals surface area contributed by atoms with Crippen LogP contribution in [0.25, 0.3) is 0 Å². The second kappa shape index (κ2) is 11.0. The molecule has 0 aliphatic rings. The minimum Gasteiger partial charge on any atom is -0.481 e. The Balaban J connectivity index is 4.32. The predicted molar refractivity (Wildman–Crippen MR) is 83.1 cm³/mol. The summed E-state index contributed by atoms with van der Waals surface area (Å²) in [4.78, 5) is 44.5. The van der Waals surface area contributed by atoms with Crippen molar-refractivity contribution in [3.8, 4) is 0 Å². The summed E-state index contributed by atoms with van der Waals surface area (Å²) in [6, 6.07) is 0. The number of aliphatic carboxylic acids is 2. The van der Waals surface area contributed by atoms with Crippen LogP contribution in [0.1, 0.15) is 32.6 Å². The zero-order valence-corrected chi connectivity index (χ0v) is 13.6. The van der Waals surface area contributed by atoms with Gasteiger partial charge in [0.2, 0.25) is 0 Å². The molecule has 8 nitrogen and oxygen atoms in total. The van der Waals surface area contributed by atoms with E-state index >= 15 is 0 Å². The Morgan fingerprint density at radius 3 is 2.17 bits per heavy atom. The third-order valence-electron chi connectivity index (χ3n) is 2.97. The SMILES string of the molecule is C=C(C)C(=O)OCCC(CC(=O)O)C(=O)OCCCC(=C)C(=O)O. The number of carbonyl (C=O) groups is 4. The third kappa shape index (κ3) is 9.39. The van der Waals surface area contributed by atoms with Gasteiger partial charge in [0.25, 0.3) is 0 Å². The van der Waals surface area contributed by atoms with Crippen LogP contribution in [-0.4, -0.2) is 47.3 Å². The predicted octanol–water partition coefficient (Wildman–Crippen LogP) is 1.55. The zero-order valence-electron chi connectivity index (χ0n) is 13.6. The van der Waals surface area contributed by atoms with Crippen molar-refractivity contribution in [2.24, 2.45) is 5.92 Å². The summed E-state index contributed by atoms with van der Waals surface area (Å²) in [7, 11) is 0. The first-order valence-electron chi connectivity index (χ1n) is 7.27. The molecule has 0 rings (SSSR count). The van der Waals surface area contributed by atoms with Crippen LogP contribution in [0.4, 0.5) is 0 Å². The maximum absolute atomic E-state index is 11.9. The topological polar surface area (TPSA) is 127 Å². The summed E-state index contributed by atoms with van der Waals surface area (Å²) in [5.74, 6) is -4.61. The largest absolute Gasteiger partial charge is 0.481 e. The van der Waals surface area contributed by atoms with Crippen molar-refractivity contribution in [1.29, 1.82) is 0 Å². The molecule has 134 valence electrons. The van der Waals surface area contributed by atoms with E-state index in [1.165, 1.54) is 6.92 Å². The van der Waals surface area contributed by atoms with Crippen molar-refractivity contribution in [2.45, 2.75) is 32.6 Å². The highest BCUT2D eigenvalue weighted by Gasteiger charge is 2.23. The first-order valence-corrected chi connectivity index (χ1v) is 7.27. The Morgan fingerprint density at radius 1 is 1.04 bits per heavy atom. The van der Waals surface area contributed by atoms with Gasteiger partial charge in [-0.15, -0.1) is 0 Å². The van der Waals surface area contributed by atoms with E-state index < -0.39 is 36.2 Å². The summed E-state index contributed by atoms with van der Waals surface area (Å²) in [6.45, 7) is 8.04. The lowest BCUT2D eigenvalue weighted by Gasteiger charge is -2.14. The highest BCUT2D eigenvalue weighted by atomic mass is 16.5. The van der Waals surface area contributed by atoms with Gasteiger partial charge >= 0.3 is 23.9 Å². The molecule has 0 saturated heterocycles. The zero-order chi connectivity index (χ0) is 18.7. The van der Waals surface area contributed by atoms with E-state index in [4.69, 9.17) is 19.7 Å². The van der Waals surface area contributed by atoms with Gasteiger partial charge in [0, 0.05) is 11.1 Å². The summed E-state index contributed by atoms with van der Waals surface area (Å²) >= 11 is 0. The molecule has 0 fully saturated rings. The van der Waals surface area contributed by atoms with E-state index in [9.17, 15) is 19.2 Å². The van der Waals surface area contributed by atoms with Gasteiger partial charge in [-0.3, -0.25) is 9.59 Å². The first kappa shape index (κ1) is 21.4. The van der Waals surface area contributed by atoms with Crippen molar-refractivity contribution in [3.05, 3.63) is 24.3 Å². The molecule has 2 N–H and O–H groups in total. The molecule has 0 saturated carbocycles. The maximum atomic E-state index is 11.9. The average molecular weight is 342 g/mol. The van der Waals surface area contributed by atoms with Crippen LogP contribution in [0.15, 0.2) is 24.3 Å². The third-order valence-corrected chi connectivity index (χ3v) is 2.97. The molecule has 1 unspecified atom stereocenters.